The minimum absolute atomic E-state index is 0.0750. The van der Waals surface area contributed by atoms with Crippen LogP contribution in [0.1, 0.15) is 22.3 Å². The molecule has 0 radical (unpaired) electrons. The Bertz CT molecular complexity index is 1230. The highest BCUT2D eigenvalue weighted by atomic mass is 16.6. The molecule has 0 spiro atoms. The van der Waals surface area contributed by atoms with Gasteiger partial charge in [-0.3, -0.25) is 0 Å². The minimum atomic E-state index is -1.59. The lowest BCUT2D eigenvalue weighted by atomic mass is 9.95. The smallest absolute Gasteiger partial charge is 0.345 e. The summed E-state index contributed by atoms with van der Waals surface area (Å²) in [5.74, 6) is -3.84. The fourth-order valence-corrected chi connectivity index (χ4v) is 3.22. The van der Waals surface area contributed by atoms with E-state index in [-0.39, 0.29) is 35.8 Å². The van der Waals surface area contributed by atoms with Crippen LogP contribution in [-0.4, -0.2) is 48.7 Å². The summed E-state index contributed by atoms with van der Waals surface area (Å²) >= 11 is 0. The average Bonchev–Trinajstić information content (AvgIpc) is 2.78. The predicted molar refractivity (Wildman–Crippen MR) is 121 cm³/mol. The number of hydrogen-bond acceptors (Lipinski definition) is 8. The van der Waals surface area contributed by atoms with Crippen molar-refractivity contribution in [1.29, 1.82) is 0 Å². The quantitative estimate of drug-likeness (QED) is 0.166. The van der Waals surface area contributed by atoms with E-state index in [1.807, 2.05) is 0 Å². The maximum absolute atomic E-state index is 12.2. The molecule has 0 aliphatic carbocycles. The molecule has 9 heteroatoms. The van der Waals surface area contributed by atoms with Gasteiger partial charge < -0.3 is 35.4 Å². The number of hydrogen-bond donors (Lipinski definition) is 6. The summed E-state index contributed by atoms with van der Waals surface area (Å²) in [5, 5.41) is 57.7. The van der Waals surface area contributed by atoms with Gasteiger partial charge >= 0.3 is 11.9 Å². The molecular weight excluding hydrogens is 444 g/mol. The average molecular weight is 466 g/mol. The van der Waals surface area contributed by atoms with Crippen LogP contribution in [0.5, 0.6) is 28.7 Å². The van der Waals surface area contributed by atoms with Crippen LogP contribution in [0.25, 0.3) is 6.08 Å². The van der Waals surface area contributed by atoms with Crippen molar-refractivity contribution in [2.24, 2.45) is 0 Å². The zero-order valence-electron chi connectivity index (χ0n) is 17.8. The molecule has 0 unspecified atom stereocenters. The fourth-order valence-electron chi connectivity index (χ4n) is 3.22. The first kappa shape index (κ1) is 24.0. The van der Waals surface area contributed by atoms with Crippen molar-refractivity contribution in [3.8, 4) is 28.7 Å². The van der Waals surface area contributed by atoms with Gasteiger partial charge in [-0.15, -0.1) is 0 Å². The maximum Gasteiger partial charge on any atom is 0.345 e. The van der Waals surface area contributed by atoms with Gasteiger partial charge in [0.25, 0.3) is 0 Å². The highest BCUT2D eigenvalue weighted by Gasteiger charge is 2.24. The summed E-state index contributed by atoms with van der Waals surface area (Å²) in [5.41, 5.74) is 1.97. The Balaban J connectivity index is 1.78. The zero-order valence-corrected chi connectivity index (χ0v) is 17.8. The van der Waals surface area contributed by atoms with Crippen molar-refractivity contribution < 1.29 is 45.0 Å². The van der Waals surface area contributed by atoms with Gasteiger partial charge in [-0.25, -0.2) is 9.59 Å². The minimum Gasteiger partial charge on any atom is -0.508 e. The van der Waals surface area contributed by atoms with Crippen LogP contribution < -0.4 is 0 Å². The number of benzene rings is 3. The van der Waals surface area contributed by atoms with Gasteiger partial charge in [0.1, 0.15) is 5.75 Å². The molecule has 176 valence electrons. The fraction of sp³-hybridized carbons (Fsp3) is 0.120. The molecule has 0 aliphatic heterocycles. The molecular formula is C25H22O9. The lowest BCUT2D eigenvalue weighted by Crippen LogP contribution is -2.29. The van der Waals surface area contributed by atoms with E-state index < -0.39 is 23.8 Å². The highest BCUT2D eigenvalue weighted by molar-refractivity contribution is 5.89. The van der Waals surface area contributed by atoms with Crippen LogP contribution in [0.15, 0.2) is 60.7 Å². The molecule has 0 aliphatic rings. The number of aliphatic carboxylic acids is 1. The summed E-state index contributed by atoms with van der Waals surface area (Å²) in [6, 6.07) is 12.7. The summed E-state index contributed by atoms with van der Waals surface area (Å²) in [7, 11) is 0. The van der Waals surface area contributed by atoms with Gasteiger partial charge in [0.15, 0.2) is 23.0 Å². The number of rotatable bonds is 8. The van der Waals surface area contributed by atoms with Gasteiger partial charge in [0, 0.05) is 12.5 Å². The van der Waals surface area contributed by atoms with Crippen molar-refractivity contribution in [1.82, 2.24) is 0 Å². The van der Waals surface area contributed by atoms with E-state index >= 15 is 0 Å². The molecule has 0 bridgehead atoms. The predicted octanol–water partition coefficient (Wildman–Crippen LogP) is 3.06. The number of carbonyl (C=O) groups excluding carboxylic acids is 1. The van der Waals surface area contributed by atoms with Gasteiger partial charge in [0.2, 0.25) is 6.10 Å². The second kappa shape index (κ2) is 10.3. The van der Waals surface area contributed by atoms with E-state index in [0.29, 0.717) is 16.7 Å². The first-order valence-electron chi connectivity index (χ1n) is 10.1. The van der Waals surface area contributed by atoms with E-state index in [1.165, 1.54) is 48.5 Å². The molecule has 0 fully saturated rings. The number of aromatic hydroxyl groups is 5. The Morgan fingerprint density at radius 2 is 1.41 bits per heavy atom. The molecule has 0 saturated carbocycles. The summed E-state index contributed by atoms with van der Waals surface area (Å²) < 4.78 is 5.07. The van der Waals surface area contributed by atoms with E-state index in [4.69, 9.17) is 4.74 Å². The number of esters is 1. The molecule has 1 atom stereocenters. The van der Waals surface area contributed by atoms with Crippen LogP contribution in [0.4, 0.5) is 0 Å². The topological polar surface area (TPSA) is 165 Å². The van der Waals surface area contributed by atoms with Crippen LogP contribution in [-0.2, 0) is 27.2 Å². The van der Waals surface area contributed by atoms with Gasteiger partial charge in [-0.1, -0.05) is 18.2 Å². The third-order valence-electron chi connectivity index (χ3n) is 4.98. The first-order chi connectivity index (χ1) is 16.1. The Labute approximate surface area is 194 Å². The lowest BCUT2D eigenvalue weighted by Gasteiger charge is -2.17. The molecule has 0 saturated heterocycles. The van der Waals surface area contributed by atoms with Crippen LogP contribution >= 0.6 is 0 Å². The second-order valence-electron chi connectivity index (χ2n) is 7.50. The summed E-state index contributed by atoms with van der Waals surface area (Å²) in [6.07, 6.45) is 0.647. The van der Waals surface area contributed by atoms with Crippen molar-refractivity contribution in [2.75, 3.05) is 0 Å². The van der Waals surface area contributed by atoms with Gasteiger partial charge in [-0.2, -0.15) is 0 Å². The molecule has 34 heavy (non-hydrogen) atoms. The van der Waals surface area contributed by atoms with Crippen LogP contribution in [0, 0.1) is 0 Å². The summed E-state index contributed by atoms with van der Waals surface area (Å²) in [4.78, 5) is 24.0. The number of ether oxygens (including phenoxy) is 1. The van der Waals surface area contributed by atoms with Gasteiger partial charge in [0.05, 0.1) is 0 Å². The van der Waals surface area contributed by atoms with Crippen molar-refractivity contribution >= 4 is 18.0 Å². The van der Waals surface area contributed by atoms with Crippen LogP contribution in [0.3, 0.4) is 0 Å². The molecule has 0 amide bonds. The van der Waals surface area contributed by atoms with Gasteiger partial charge in [-0.05, 0) is 71.1 Å². The Morgan fingerprint density at radius 1 is 0.794 bits per heavy atom. The lowest BCUT2D eigenvalue weighted by molar-refractivity contribution is -0.160. The molecule has 3 rings (SSSR count). The standard InChI is InChI=1S/C25H22O9/c26-18-5-1-14(2-6-18)9-16-11-21(29)22(30)12-17(16)13-23(25(32)33)34-24(31)8-4-15-3-7-19(27)20(28)10-15/h1-8,10-12,23,26-30H,9,13H2,(H,32,33)/t23-/m1/s1. The molecule has 6 N–H and O–H groups in total. The molecule has 3 aromatic carbocycles. The first-order valence-corrected chi connectivity index (χ1v) is 10.1. The largest absolute Gasteiger partial charge is 0.508 e. The van der Waals surface area contributed by atoms with Crippen molar-refractivity contribution in [3.05, 3.63) is 82.9 Å². The van der Waals surface area contributed by atoms with Crippen molar-refractivity contribution in [2.45, 2.75) is 18.9 Å². The second-order valence-corrected chi connectivity index (χ2v) is 7.50. The third kappa shape index (κ3) is 6.19. The van der Waals surface area contributed by atoms with E-state index in [1.54, 1.807) is 12.1 Å². The Hall–Kier alpha value is -4.66. The number of carbonyl (C=O) groups is 2. The molecule has 3 aromatic rings. The molecule has 0 aromatic heterocycles. The molecule has 0 heterocycles. The van der Waals surface area contributed by atoms with E-state index in [2.05, 4.69) is 0 Å². The van der Waals surface area contributed by atoms with E-state index in [9.17, 15) is 40.2 Å². The Kier molecular flexibility index (Phi) is 7.27. The van der Waals surface area contributed by atoms with E-state index in [0.717, 1.165) is 11.6 Å². The summed E-state index contributed by atoms with van der Waals surface area (Å²) in [6.45, 7) is 0. The number of carboxylic acids is 1. The molecule has 9 nitrogen and oxygen atoms in total. The number of phenolic OH excluding ortho intramolecular Hbond substituents is 5. The highest BCUT2D eigenvalue weighted by Crippen LogP contribution is 2.31. The number of carboxylic acid groups (broad SMARTS) is 1. The van der Waals surface area contributed by atoms with Crippen molar-refractivity contribution in [3.63, 3.8) is 0 Å². The zero-order chi connectivity index (χ0) is 24.8. The van der Waals surface area contributed by atoms with Crippen LogP contribution in [0.2, 0.25) is 0 Å². The maximum atomic E-state index is 12.2. The SMILES string of the molecule is O=C(C=Cc1ccc(O)c(O)c1)O[C@H](Cc1cc(O)c(O)cc1Cc1ccc(O)cc1)C(=O)O. The normalized spacial score (nSPS) is 11.9. The Morgan fingerprint density at radius 3 is 2.03 bits per heavy atom. The third-order valence-corrected chi connectivity index (χ3v) is 4.98. The number of phenols is 5. The monoisotopic (exact) mass is 466 g/mol.